The van der Waals surface area contributed by atoms with Crippen LogP contribution in [0.1, 0.15) is 0 Å². The van der Waals surface area contributed by atoms with Crippen molar-refractivity contribution < 1.29 is 3.02 Å². The van der Waals surface area contributed by atoms with Crippen LogP contribution in [0.4, 0.5) is 0 Å². The molecule has 2 nitrogen and oxygen atoms in total. The Morgan fingerprint density at radius 1 is 2.00 bits per heavy atom. The Bertz CT molecular complexity index is 46.9. The van der Waals surface area contributed by atoms with Crippen LogP contribution in [0, 0.1) is 0 Å². The van der Waals surface area contributed by atoms with Crippen LogP contribution in [0.3, 0.4) is 0 Å². The van der Waals surface area contributed by atoms with E-state index in [1.165, 1.54) is 0 Å². The van der Waals surface area contributed by atoms with Crippen LogP contribution in [-0.4, -0.2) is 28.6 Å². The van der Waals surface area contributed by atoms with Crippen LogP contribution < -0.4 is 5.73 Å². The van der Waals surface area contributed by atoms with Crippen molar-refractivity contribution >= 4 is 40.8 Å². The zero-order chi connectivity index (χ0) is 4.28. The van der Waals surface area contributed by atoms with E-state index in [9.17, 15) is 0 Å². The van der Waals surface area contributed by atoms with Gasteiger partial charge in [-0.3, -0.25) is 0 Å². The van der Waals surface area contributed by atoms with Crippen LogP contribution in [0.25, 0.3) is 0 Å². The molecule has 0 radical (unpaired) electrons. The first kappa shape index (κ1) is 5.51. The second-order valence-electron chi connectivity index (χ2n) is 0.437. The normalized spacial score (nSPS) is 6.60. The summed E-state index contributed by atoms with van der Waals surface area (Å²) in [6.45, 7) is 0. The summed E-state index contributed by atoms with van der Waals surface area (Å²) in [5.74, 6) is 0. The van der Waals surface area contributed by atoms with E-state index >= 15 is 0 Å². The Kier molecular flexibility index (Phi) is 3.01. The Balaban J connectivity index is 2.85. The second-order valence-corrected chi connectivity index (χ2v) is 1.51. The van der Waals surface area contributed by atoms with E-state index < -0.39 is 0 Å². The van der Waals surface area contributed by atoms with Crippen LogP contribution in [0.2, 0.25) is 0 Å². The molecule has 0 fully saturated rings. The zero-order valence-corrected chi connectivity index (χ0v) is 6.58. The third-order valence-corrected chi connectivity index (χ3v) is 1.42. The molecule has 0 aliphatic carbocycles. The van der Waals surface area contributed by atoms with E-state index in [2.05, 4.69) is 15.2 Å². The summed E-state index contributed by atoms with van der Waals surface area (Å²) in [5.41, 5.74) is 4.83. The van der Waals surface area contributed by atoms with Gasteiger partial charge >= 0.3 is 49.6 Å². The van der Waals surface area contributed by atoms with Crippen molar-refractivity contribution in [2.24, 2.45) is 5.73 Å². The minimum atomic E-state index is 0.146. The summed E-state index contributed by atoms with van der Waals surface area (Å²) in [7, 11) is 0. The van der Waals surface area contributed by atoms with Gasteiger partial charge in [0.1, 0.15) is 0 Å². The molecular weight excluding hydrogens is 196 g/mol. The molecule has 0 aromatic rings. The molecule has 0 aromatic heterocycles. The first-order valence-electron chi connectivity index (χ1n) is 0.933. The van der Waals surface area contributed by atoms with E-state index in [-0.39, 0.29) is 5.17 Å². The summed E-state index contributed by atoms with van der Waals surface area (Å²) < 4.78 is 4.39. The van der Waals surface area contributed by atoms with Gasteiger partial charge in [0.25, 0.3) is 0 Å². The molecule has 0 spiro atoms. The maximum absolute atomic E-state index is 4.83. The second kappa shape index (κ2) is 2.73. The van der Waals surface area contributed by atoms with Gasteiger partial charge in [0.05, 0.1) is 0 Å². The van der Waals surface area contributed by atoms with Crippen molar-refractivity contribution in [3.63, 3.8) is 0 Å². The molecule has 0 aliphatic heterocycles. The van der Waals surface area contributed by atoms with Crippen molar-refractivity contribution in [2.75, 3.05) is 0 Å². The van der Waals surface area contributed by atoms with Crippen molar-refractivity contribution in [3.05, 3.63) is 0 Å². The Morgan fingerprint density at radius 2 is 2.20 bits per heavy atom. The maximum atomic E-state index is 4.83. The quantitative estimate of drug-likeness (QED) is 0.393. The fourth-order valence-corrected chi connectivity index (χ4v) is 0. The molecule has 0 atom stereocenters. The molecule has 5 heavy (non-hydrogen) atoms. The van der Waals surface area contributed by atoms with Crippen molar-refractivity contribution in [1.29, 1.82) is 0 Å². The van der Waals surface area contributed by atoms with Gasteiger partial charge in [-0.1, -0.05) is 0 Å². The van der Waals surface area contributed by atoms with Gasteiger partial charge in [-0.05, 0) is 0 Å². The SMILES string of the molecule is NC(=S)[O][SbH2]. The fourth-order valence-electron chi connectivity index (χ4n) is 0. The molecule has 4 heteroatoms. The van der Waals surface area contributed by atoms with Crippen LogP contribution in [0.15, 0.2) is 0 Å². The van der Waals surface area contributed by atoms with Crippen molar-refractivity contribution in [3.8, 4) is 0 Å². The zero-order valence-electron chi connectivity index (χ0n) is 2.47. The standard InChI is InChI=1S/CH3NOS.Sb.2H/c2-1(3)4;;;/h(H3,2,3,4);;;/q;+1;;/p-1. The average Bonchev–Trinajstić information content (AvgIpc) is 1.38. The van der Waals surface area contributed by atoms with Crippen molar-refractivity contribution in [2.45, 2.75) is 0 Å². The van der Waals surface area contributed by atoms with E-state index in [1.54, 1.807) is 0 Å². The molecule has 0 rings (SSSR count). The van der Waals surface area contributed by atoms with Crippen LogP contribution in [-0.2, 0) is 3.02 Å². The molecule has 0 heterocycles. The molecule has 0 saturated carbocycles. The average molecular weight is 200 g/mol. The van der Waals surface area contributed by atoms with Gasteiger partial charge in [-0.25, -0.2) is 0 Å². The molecule has 0 amide bonds. The Labute approximate surface area is 49.7 Å². The Morgan fingerprint density at radius 3 is 2.20 bits per heavy atom. The molecular formula is CH4NOSSb. The number of hydrogen-bond donors (Lipinski definition) is 1. The summed E-state index contributed by atoms with van der Waals surface area (Å²) in [6.07, 6.45) is 0. The fraction of sp³-hybridized carbons (Fsp3) is 0. The third-order valence-electron chi connectivity index (χ3n) is 0.116. The van der Waals surface area contributed by atoms with Gasteiger partial charge in [-0.15, -0.1) is 0 Å². The molecule has 0 saturated heterocycles. The van der Waals surface area contributed by atoms with E-state index in [0.29, 0.717) is 23.4 Å². The first-order chi connectivity index (χ1) is 2.27. The molecule has 0 unspecified atom stereocenters. The van der Waals surface area contributed by atoms with Gasteiger partial charge in [0.2, 0.25) is 0 Å². The van der Waals surface area contributed by atoms with E-state index in [0.717, 1.165) is 0 Å². The van der Waals surface area contributed by atoms with Crippen molar-refractivity contribution in [1.82, 2.24) is 0 Å². The minimum absolute atomic E-state index is 0.146. The van der Waals surface area contributed by atoms with Gasteiger partial charge in [0, 0.05) is 0 Å². The van der Waals surface area contributed by atoms with Crippen LogP contribution >= 0.6 is 12.2 Å². The summed E-state index contributed by atoms with van der Waals surface area (Å²) in [5, 5.41) is 0.146. The van der Waals surface area contributed by atoms with E-state index in [1.807, 2.05) is 0 Å². The number of thiocarbonyl (C=S) groups is 1. The van der Waals surface area contributed by atoms with Gasteiger partial charge in [-0.2, -0.15) is 0 Å². The summed E-state index contributed by atoms with van der Waals surface area (Å²) in [4.78, 5) is 0. The molecule has 2 N–H and O–H groups in total. The van der Waals surface area contributed by atoms with Crippen LogP contribution in [0.5, 0.6) is 0 Å². The topological polar surface area (TPSA) is 35.2 Å². The number of rotatable bonds is 0. The third kappa shape index (κ3) is 4.51. The number of nitrogens with two attached hydrogens (primary N) is 1. The molecule has 30 valence electrons. The summed E-state index contributed by atoms with van der Waals surface area (Å²) in [6, 6.07) is 0. The van der Waals surface area contributed by atoms with Gasteiger partial charge in [0.15, 0.2) is 0 Å². The molecule has 0 aliphatic rings. The van der Waals surface area contributed by atoms with E-state index in [4.69, 9.17) is 5.73 Å². The molecule has 0 bridgehead atoms. The summed E-state index contributed by atoms with van der Waals surface area (Å²) >= 11 is 4.94. The monoisotopic (exact) mass is 199 g/mol. The molecule has 0 aromatic carbocycles. The first-order valence-corrected chi connectivity index (χ1v) is 2.69. The van der Waals surface area contributed by atoms with Gasteiger partial charge < -0.3 is 0 Å². The Hall–Kier alpha value is 0.508. The predicted octanol–water partition coefficient (Wildman–Crippen LogP) is -1.21. The predicted molar refractivity (Wildman–Crippen MR) is 26.4 cm³/mol. The number of hydrogen-bond acceptors (Lipinski definition) is 2.